The smallest absolute Gasteiger partial charge is 0.407 e. The molecular formula is C17H18N4O3. The highest BCUT2D eigenvalue weighted by molar-refractivity contribution is 5.77. The van der Waals surface area contributed by atoms with Crippen molar-refractivity contribution in [2.75, 3.05) is 6.54 Å². The Bertz CT molecular complexity index is 684. The maximum atomic E-state index is 12.2. The van der Waals surface area contributed by atoms with Crippen LogP contribution in [0.5, 0.6) is 0 Å². The van der Waals surface area contributed by atoms with E-state index in [1.165, 1.54) is 5.01 Å². The zero-order valence-electron chi connectivity index (χ0n) is 13.0. The fourth-order valence-corrected chi connectivity index (χ4v) is 2.47. The van der Waals surface area contributed by atoms with Crippen LogP contribution < -0.4 is 5.32 Å². The number of hydrogen-bond donors (Lipinski definition) is 1. The minimum atomic E-state index is -0.548. The Kier molecular flexibility index (Phi) is 5.00. The molecule has 0 bridgehead atoms. The lowest BCUT2D eigenvalue weighted by molar-refractivity contribution is -0.132. The molecule has 0 spiro atoms. The second-order valence-corrected chi connectivity index (χ2v) is 5.43. The molecule has 1 heterocycles. The topological polar surface area (TPSA) is 83.4 Å². The van der Waals surface area contributed by atoms with Crippen LogP contribution in [0.2, 0.25) is 0 Å². The number of carbonyl (C=O) groups excluding carboxylic acids is 2. The van der Waals surface area contributed by atoms with E-state index >= 15 is 0 Å². The zero-order valence-corrected chi connectivity index (χ0v) is 13.0. The molecule has 0 saturated heterocycles. The van der Waals surface area contributed by atoms with Gasteiger partial charge in [-0.15, -0.1) is 0 Å². The minimum Gasteiger partial charge on any atom is -0.445 e. The van der Waals surface area contributed by atoms with E-state index in [0.29, 0.717) is 0 Å². The first kappa shape index (κ1) is 15.9. The van der Waals surface area contributed by atoms with Gasteiger partial charge in [-0.3, -0.25) is 4.79 Å². The zero-order chi connectivity index (χ0) is 16.8. The first-order valence-electron chi connectivity index (χ1n) is 7.76. The van der Waals surface area contributed by atoms with Crippen LogP contribution in [0.1, 0.15) is 12.0 Å². The second kappa shape index (κ2) is 7.54. The van der Waals surface area contributed by atoms with Crippen LogP contribution in [0.4, 0.5) is 4.79 Å². The highest BCUT2D eigenvalue weighted by atomic mass is 16.5. The maximum absolute atomic E-state index is 12.2. The number of carbonyl (C=O) groups is 2. The summed E-state index contributed by atoms with van der Waals surface area (Å²) in [5, 5.41) is 11.9. The number of alkyl carbamates (subject to hydrolysis) is 1. The van der Waals surface area contributed by atoms with E-state index in [2.05, 4.69) is 15.7 Å². The fourth-order valence-electron chi connectivity index (χ4n) is 2.47. The van der Waals surface area contributed by atoms with Crippen molar-refractivity contribution in [3.05, 3.63) is 60.2 Å². The molecule has 24 heavy (non-hydrogen) atoms. The molecule has 2 atom stereocenters. The van der Waals surface area contributed by atoms with Gasteiger partial charge < -0.3 is 10.1 Å². The molecule has 1 aromatic carbocycles. The molecule has 0 fully saturated rings. The van der Waals surface area contributed by atoms with Crippen molar-refractivity contribution in [2.45, 2.75) is 25.1 Å². The lowest BCUT2D eigenvalue weighted by Crippen LogP contribution is -2.39. The van der Waals surface area contributed by atoms with Gasteiger partial charge in [0.2, 0.25) is 5.91 Å². The number of nitrogens with one attached hydrogen (secondary N) is 1. The molecule has 3 rings (SSSR count). The van der Waals surface area contributed by atoms with Crippen molar-refractivity contribution in [2.24, 2.45) is 10.3 Å². The number of hydrogen-bond acceptors (Lipinski definition) is 5. The SMILES string of the molecule is O=C(NCCC(=O)N1N=NC2C=CC=CC21)OCc1ccccc1. The lowest BCUT2D eigenvalue weighted by atomic mass is 10.0. The molecule has 1 N–H and O–H groups in total. The van der Waals surface area contributed by atoms with Crippen LogP contribution >= 0.6 is 0 Å². The first-order chi connectivity index (χ1) is 11.7. The molecule has 0 aromatic heterocycles. The summed E-state index contributed by atoms with van der Waals surface area (Å²) in [4.78, 5) is 23.8. The molecule has 2 amide bonds. The Balaban J connectivity index is 1.38. The van der Waals surface area contributed by atoms with E-state index in [9.17, 15) is 9.59 Å². The largest absolute Gasteiger partial charge is 0.445 e. The average molecular weight is 326 g/mol. The van der Waals surface area contributed by atoms with E-state index in [1.807, 2.05) is 54.6 Å². The highest BCUT2D eigenvalue weighted by Crippen LogP contribution is 2.23. The van der Waals surface area contributed by atoms with E-state index in [0.717, 1.165) is 5.56 Å². The van der Waals surface area contributed by atoms with Crippen LogP contribution in [0.15, 0.2) is 65.0 Å². The summed E-state index contributed by atoms with van der Waals surface area (Å²) in [7, 11) is 0. The van der Waals surface area contributed by atoms with Gasteiger partial charge >= 0.3 is 6.09 Å². The molecule has 2 aliphatic rings. The molecule has 7 nitrogen and oxygen atoms in total. The monoisotopic (exact) mass is 326 g/mol. The molecular weight excluding hydrogens is 308 g/mol. The summed E-state index contributed by atoms with van der Waals surface area (Å²) >= 11 is 0. The Morgan fingerprint density at radius 3 is 2.79 bits per heavy atom. The highest BCUT2D eigenvalue weighted by Gasteiger charge is 2.33. The van der Waals surface area contributed by atoms with Gasteiger partial charge in [0.25, 0.3) is 0 Å². The number of nitrogens with zero attached hydrogens (tertiary/aromatic N) is 3. The number of fused-ring (bicyclic) bond motifs is 1. The number of allylic oxidation sites excluding steroid dienone is 2. The summed E-state index contributed by atoms with van der Waals surface area (Å²) in [6, 6.07) is 9.13. The number of amides is 2. The Labute approximate surface area is 139 Å². The van der Waals surface area contributed by atoms with Gasteiger partial charge in [0.1, 0.15) is 18.7 Å². The maximum Gasteiger partial charge on any atom is 0.407 e. The predicted molar refractivity (Wildman–Crippen MR) is 86.8 cm³/mol. The van der Waals surface area contributed by atoms with Crippen molar-refractivity contribution in [1.29, 1.82) is 0 Å². The molecule has 124 valence electrons. The van der Waals surface area contributed by atoms with Crippen molar-refractivity contribution in [3.8, 4) is 0 Å². The number of rotatable bonds is 5. The number of ether oxygens (including phenoxy) is 1. The molecule has 2 unspecified atom stereocenters. The summed E-state index contributed by atoms with van der Waals surface area (Å²) in [5.41, 5.74) is 0.907. The molecule has 1 aliphatic heterocycles. The van der Waals surface area contributed by atoms with Crippen molar-refractivity contribution < 1.29 is 14.3 Å². The molecule has 0 saturated carbocycles. The van der Waals surface area contributed by atoms with E-state index in [4.69, 9.17) is 4.74 Å². The summed E-state index contributed by atoms with van der Waals surface area (Å²) in [6.07, 6.45) is 7.15. The van der Waals surface area contributed by atoms with Crippen LogP contribution in [0.3, 0.4) is 0 Å². The average Bonchev–Trinajstić information content (AvgIpc) is 3.05. The first-order valence-corrected chi connectivity index (χ1v) is 7.76. The number of benzene rings is 1. The normalized spacial score (nSPS) is 20.8. The van der Waals surface area contributed by atoms with E-state index in [1.54, 1.807) is 0 Å². The third-order valence-corrected chi connectivity index (χ3v) is 3.72. The minimum absolute atomic E-state index is 0.109. The fraction of sp³-hybridized carbons (Fsp3) is 0.294. The predicted octanol–water partition coefficient (Wildman–Crippen LogP) is 2.38. The van der Waals surface area contributed by atoms with Crippen molar-refractivity contribution in [1.82, 2.24) is 10.3 Å². The van der Waals surface area contributed by atoms with Gasteiger partial charge in [-0.1, -0.05) is 59.9 Å². The summed E-state index contributed by atoms with van der Waals surface area (Å²) in [5.74, 6) is -0.186. The Morgan fingerprint density at radius 1 is 1.17 bits per heavy atom. The van der Waals surface area contributed by atoms with E-state index < -0.39 is 6.09 Å². The van der Waals surface area contributed by atoms with Gasteiger partial charge in [-0.25, -0.2) is 9.80 Å². The quantitative estimate of drug-likeness (QED) is 0.901. The van der Waals surface area contributed by atoms with Gasteiger partial charge in [-0.05, 0) is 5.56 Å². The summed E-state index contributed by atoms with van der Waals surface area (Å²) in [6.45, 7) is 0.386. The van der Waals surface area contributed by atoms with Gasteiger partial charge in [0, 0.05) is 13.0 Å². The van der Waals surface area contributed by atoms with Crippen molar-refractivity contribution >= 4 is 12.0 Å². The van der Waals surface area contributed by atoms with E-state index in [-0.39, 0.29) is 37.6 Å². The third kappa shape index (κ3) is 3.87. The van der Waals surface area contributed by atoms with Crippen LogP contribution in [0.25, 0.3) is 0 Å². The lowest BCUT2D eigenvalue weighted by Gasteiger charge is -2.21. The third-order valence-electron chi connectivity index (χ3n) is 3.72. The molecule has 7 heteroatoms. The standard InChI is InChI=1S/C17H18N4O3/c22-16(21-15-9-5-4-8-14(15)19-20-21)10-11-18-17(23)24-12-13-6-2-1-3-7-13/h1-9,14-15H,10-12H2,(H,18,23). The van der Waals surface area contributed by atoms with Gasteiger partial charge in [-0.2, -0.15) is 5.11 Å². The van der Waals surface area contributed by atoms with Crippen molar-refractivity contribution in [3.63, 3.8) is 0 Å². The molecule has 1 aromatic rings. The molecule has 0 radical (unpaired) electrons. The molecule has 1 aliphatic carbocycles. The summed E-state index contributed by atoms with van der Waals surface area (Å²) < 4.78 is 5.08. The Morgan fingerprint density at radius 2 is 1.96 bits per heavy atom. The van der Waals surface area contributed by atoms with Crippen LogP contribution in [-0.4, -0.2) is 35.6 Å². The van der Waals surface area contributed by atoms with Crippen LogP contribution in [0, 0.1) is 0 Å². The van der Waals surface area contributed by atoms with Crippen LogP contribution in [-0.2, 0) is 16.1 Å². The van der Waals surface area contributed by atoms with Gasteiger partial charge in [0.05, 0.1) is 0 Å². The second-order valence-electron chi connectivity index (χ2n) is 5.43. The Hall–Kier alpha value is -2.96. The van der Waals surface area contributed by atoms with Gasteiger partial charge in [0.15, 0.2) is 0 Å².